The Morgan fingerprint density at radius 3 is 2.33 bits per heavy atom. The molecule has 5 aliphatic rings. The van der Waals surface area contributed by atoms with Crippen molar-refractivity contribution in [3.63, 3.8) is 0 Å². The Hall–Kier alpha value is -0.710. The third kappa shape index (κ3) is 6.41. The summed E-state index contributed by atoms with van der Waals surface area (Å²) in [7, 11) is -4.58. The molecule has 12 nitrogen and oxygen atoms in total. The van der Waals surface area contributed by atoms with E-state index in [0.717, 1.165) is 12.0 Å². The molecule has 3 saturated carbocycles. The van der Waals surface area contributed by atoms with Crippen molar-refractivity contribution in [2.75, 3.05) is 6.61 Å². The van der Waals surface area contributed by atoms with E-state index in [4.69, 9.17) is 13.7 Å². The fourth-order valence-corrected chi connectivity index (χ4v) is 11.0. The smallest absolute Gasteiger partial charge is 0.393 e. The molecule has 0 unspecified atom stereocenters. The minimum absolute atomic E-state index is 0.0582. The molecule has 4 fully saturated rings. The zero-order valence-electron chi connectivity index (χ0n) is 27.0. The largest absolute Gasteiger partial charge is 0.397 e. The van der Waals surface area contributed by atoms with Gasteiger partial charge >= 0.3 is 10.4 Å². The van der Waals surface area contributed by atoms with E-state index < -0.39 is 81.8 Å². The molecular formula is C32H54O12S. The van der Waals surface area contributed by atoms with Gasteiger partial charge in [-0.2, -0.15) is 8.42 Å². The predicted octanol–water partition coefficient (Wildman–Crippen LogP) is 1.71. The van der Waals surface area contributed by atoms with Gasteiger partial charge in [0.05, 0.1) is 36.6 Å². The van der Waals surface area contributed by atoms with Gasteiger partial charge in [-0.1, -0.05) is 40.7 Å². The highest BCUT2D eigenvalue weighted by atomic mass is 32.3. The lowest BCUT2D eigenvalue weighted by molar-refractivity contribution is -0.280. The average Bonchev–Trinajstić information content (AvgIpc) is 3.22. The zero-order valence-corrected chi connectivity index (χ0v) is 27.8. The van der Waals surface area contributed by atoms with Gasteiger partial charge in [-0.3, -0.25) is 4.55 Å². The fraction of sp³-hybridized carbons (Fsp3) is 0.938. The summed E-state index contributed by atoms with van der Waals surface area (Å²) in [6, 6.07) is 0. The van der Waals surface area contributed by atoms with Crippen LogP contribution < -0.4 is 0 Å². The summed E-state index contributed by atoms with van der Waals surface area (Å²) in [6.45, 7) is 9.83. The van der Waals surface area contributed by atoms with Gasteiger partial charge < -0.3 is 40.1 Å². The van der Waals surface area contributed by atoms with Crippen molar-refractivity contribution >= 4 is 10.4 Å². The highest BCUT2D eigenvalue weighted by Gasteiger charge is 2.69. The van der Waals surface area contributed by atoms with Gasteiger partial charge in [-0.25, -0.2) is 4.18 Å². The summed E-state index contributed by atoms with van der Waals surface area (Å²) < 4.78 is 48.4. The van der Waals surface area contributed by atoms with Crippen LogP contribution in [0.15, 0.2) is 11.6 Å². The molecule has 0 bridgehead atoms. The molecule has 1 aliphatic heterocycles. The van der Waals surface area contributed by atoms with E-state index in [-0.39, 0.29) is 36.7 Å². The van der Waals surface area contributed by atoms with Gasteiger partial charge in [0.2, 0.25) is 0 Å². The van der Waals surface area contributed by atoms with Crippen molar-refractivity contribution in [2.24, 2.45) is 40.4 Å². The lowest BCUT2D eigenvalue weighted by Crippen LogP contribution is -2.66. The SMILES string of the molecule is CC(C)[C@H](CC[C@@H](C)[C@H]1C[C@@H](O)[C@@H]2[C@]1(C)CC[C@@H]1[C@@]2(O)C[C@H](O)C2=C[C@@H](O[C@@H]3OC[C@H](O)[C@H](O)[C@@H]3O)CC[C@@]21C)OS(=O)(=O)O. The van der Waals surface area contributed by atoms with Crippen LogP contribution in [-0.4, -0.2) is 105 Å². The number of aliphatic hydroxyl groups is 6. The number of ether oxygens (including phenoxy) is 2. The number of hydrogen-bond acceptors (Lipinski definition) is 11. The molecule has 13 heteroatoms. The Morgan fingerprint density at radius 2 is 1.69 bits per heavy atom. The number of aliphatic hydroxyl groups excluding tert-OH is 5. The summed E-state index contributed by atoms with van der Waals surface area (Å²) in [4.78, 5) is 0. The molecule has 260 valence electrons. The molecule has 0 aromatic heterocycles. The second-order valence-corrected chi connectivity index (χ2v) is 16.6. The average molecular weight is 663 g/mol. The van der Waals surface area contributed by atoms with Crippen LogP contribution in [0.3, 0.4) is 0 Å². The van der Waals surface area contributed by atoms with Gasteiger partial charge in [0.1, 0.15) is 18.3 Å². The lowest BCUT2D eigenvalue weighted by atomic mass is 9.43. The molecule has 4 aliphatic carbocycles. The zero-order chi connectivity index (χ0) is 33.3. The third-order valence-electron chi connectivity index (χ3n) is 12.5. The van der Waals surface area contributed by atoms with Crippen LogP contribution in [0.2, 0.25) is 0 Å². The Morgan fingerprint density at radius 1 is 1.00 bits per heavy atom. The first-order valence-electron chi connectivity index (χ1n) is 16.6. The summed E-state index contributed by atoms with van der Waals surface area (Å²) in [5.74, 6) is -0.635. The van der Waals surface area contributed by atoms with Gasteiger partial charge in [0, 0.05) is 12.3 Å². The molecule has 1 heterocycles. The third-order valence-corrected chi connectivity index (χ3v) is 13.0. The maximum atomic E-state index is 12.6. The first-order chi connectivity index (χ1) is 20.8. The van der Waals surface area contributed by atoms with Crippen LogP contribution in [0.5, 0.6) is 0 Å². The number of rotatable bonds is 9. The normalized spacial score (nSPS) is 48.2. The Bertz CT molecular complexity index is 1210. The Labute approximate surface area is 266 Å². The molecule has 0 spiro atoms. The second kappa shape index (κ2) is 12.6. The second-order valence-electron chi connectivity index (χ2n) is 15.6. The van der Waals surface area contributed by atoms with E-state index in [1.807, 2.05) is 19.9 Å². The molecule has 0 amide bonds. The fourth-order valence-electron chi connectivity index (χ4n) is 10.3. The maximum absolute atomic E-state index is 12.6. The monoisotopic (exact) mass is 662 g/mol. The quantitative estimate of drug-likeness (QED) is 0.139. The molecule has 5 rings (SSSR count). The molecule has 0 aromatic carbocycles. The van der Waals surface area contributed by atoms with E-state index in [1.165, 1.54) is 0 Å². The van der Waals surface area contributed by atoms with Crippen LogP contribution in [0.25, 0.3) is 0 Å². The van der Waals surface area contributed by atoms with Gasteiger partial charge in [-0.05, 0) is 85.0 Å². The van der Waals surface area contributed by atoms with Crippen molar-refractivity contribution < 1.29 is 57.3 Å². The van der Waals surface area contributed by atoms with Crippen molar-refractivity contribution in [1.82, 2.24) is 0 Å². The molecular weight excluding hydrogens is 608 g/mol. The predicted molar refractivity (Wildman–Crippen MR) is 162 cm³/mol. The maximum Gasteiger partial charge on any atom is 0.397 e. The van der Waals surface area contributed by atoms with E-state index in [2.05, 4.69) is 20.8 Å². The lowest BCUT2D eigenvalue weighted by Gasteiger charge is -2.64. The first-order valence-corrected chi connectivity index (χ1v) is 18.0. The van der Waals surface area contributed by atoms with E-state index in [9.17, 15) is 43.6 Å². The molecule has 15 atom stereocenters. The van der Waals surface area contributed by atoms with E-state index in [0.29, 0.717) is 38.5 Å². The van der Waals surface area contributed by atoms with Crippen molar-refractivity contribution in [3.8, 4) is 0 Å². The van der Waals surface area contributed by atoms with Gasteiger partial charge in [0.15, 0.2) is 6.29 Å². The van der Waals surface area contributed by atoms with Crippen LogP contribution in [0.4, 0.5) is 0 Å². The topological polar surface area (TPSA) is 203 Å². The number of hydrogen-bond donors (Lipinski definition) is 7. The standard InChI is InChI=1S/C32H54O12S/c1-16(2)24(44-45(39,40)41)7-6-17(3)19-13-21(33)28-31(19,5)11-9-25-30(4)10-8-18(12-20(30)22(34)14-32(25,28)38)43-29-27(37)26(36)23(35)15-42-29/h12,16-19,21-29,33-38H,6-11,13-15H2,1-5H3,(H,39,40,41)/t17-,18+,19-,21-,22+,23+,24+,25+,26+,27+,28-,29+,30+,31-,32+/m1/s1. The minimum atomic E-state index is -4.58. The van der Waals surface area contributed by atoms with E-state index in [1.54, 1.807) is 0 Å². The van der Waals surface area contributed by atoms with Gasteiger partial charge in [0.25, 0.3) is 0 Å². The molecule has 0 radical (unpaired) electrons. The van der Waals surface area contributed by atoms with Crippen LogP contribution in [0.1, 0.15) is 86.0 Å². The highest BCUT2D eigenvalue weighted by molar-refractivity contribution is 7.80. The molecule has 45 heavy (non-hydrogen) atoms. The summed E-state index contributed by atoms with van der Waals surface area (Å²) in [6.07, 6.45) is -1.88. The van der Waals surface area contributed by atoms with Crippen molar-refractivity contribution in [2.45, 2.75) is 141 Å². The summed E-state index contributed by atoms with van der Waals surface area (Å²) in [5.41, 5.74) is -1.48. The Kier molecular flexibility index (Phi) is 9.99. The van der Waals surface area contributed by atoms with Crippen LogP contribution >= 0.6 is 0 Å². The summed E-state index contributed by atoms with van der Waals surface area (Å²) in [5, 5.41) is 66.0. The van der Waals surface area contributed by atoms with E-state index >= 15 is 0 Å². The van der Waals surface area contributed by atoms with Crippen molar-refractivity contribution in [1.29, 1.82) is 0 Å². The molecule has 1 saturated heterocycles. The Balaban J connectivity index is 1.33. The van der Waals surface area contributed by atoms with Crippen LogP contribution in [0, 0.1) is 40.4 Å². The summed E-state index contributed by atoms with van der Waals surface area (Å²) >= 11 is 0. The molecule has 0 aromatic rings. The van der Waals surface area contributed by atoms with Crippen molar-refractivity contribution in [3.05, 3.63) is 11.6 Å². The first kappa shape index (κ1) is 35.6. The van der Waals surface area contributed by atoms with Gasteiger partial charge in [-0.15, -0.1) is 0 Å². The number of fused-ring (bicyclic) bond motifs is 5. The van der Waals surface area contributed by atoms with Crippen LogP contribution in [-0.2, 0) is 24.1 Å². The minimum Gasteiger partial charge on any atom is -0.393 e. The highest BCUT2D eigenvalue weighted by Crippen LogP contribution is 2.69. The molecule has 7 N–H and O–H groups in total.